The van der Waals surface area contributed by atoms with Gasteiger partial charge in [0.15, 0.2) is 10.4 Å². The number of nitrogens with two attached hydrogens (primary N) is 1. The Bertz CT molecular complexity index is 434. The van der Waals surface area contributed by atoms with Crippen molar-refractivity contribution in [1.82, 2.24) is 9.97 Å². The molecule has 2 aromatic rings. The van der Waals surface area contributed by atoms with E-state index in [-0.39, 0.29) is 0 Å². The SMILES string of the molecule is N[N+](=O)c1cccc2[nH]cnc12. The van der Waals surface area contributed by atoms with Crippen LogP contribution in [0.2, 0.25) is 0 Å². The van der Waals surface area contributed by atoms with Crippen LogP contribution in [0.15, 0.2) is 24.5 Å². The average molecular weight is 163 g/mol. The predicted molar refractivity (Wildman–Crippen MR) is 43.6 cm³/mol. The second-order valence-corrected chi connectivity index (χ2v) is 2.40. The number of hydrogen-bond acceptors (Lipinski definition) is 2. The Morgan fingerprint density at radius 1 is 1.50 bits per heavy atom. The van der Waals surface area contributed by atoms with Crippen LogP contribution in [0.25, 0.3) is 11.0 Å². The van der Waals surface area contributed by atoms with Crippen molar-refractivity contribution in [2.75, 3.05) is 0 Å². The molecule has 0 unspecified atom stereocenters. The van der Waals surface area contributed by atoms with E-state index in [2.05, 4.69) is 9.97 Å². The van der Waals surface area contributed by atoms with Gasteiger partial charge in [0.2, 0.25) is 0 Å². The van der Waals surface area contributed by atoms with Crippen LogP contribution in [-0.2, 0) is 0 Å². The zero-order valence-electron chi connectivity index (χ0n) is 6.19. The van der Waals surface area contributed by atoms with E-state index in [0.29, 0.717) is 16.1 Å². The van der Waals surface area contributed by atoms with Gasteiger partial charge in [-0.05, 0) is 6.07 Å². The van der Waals surface area contributed by atoms with Crippen molar-refractivity contribution in [3.8, 4) is 0 Å². The van der Waals surface area contributed by atoms with E-state index >= 15 is 0 Å². The summed E-state index contributed by atoms with van der Waals surface area (Å²) >= 11 is 0. The molecule has 0 fully saturated rings. The van der Waals surface area contributed by atoms with Gasteiger partial charge in [0.1, 0.15) is 0 Å². The van der Waals surface area contributed by atoms with Crippen molar-refractivity contribution in [3.63, 3.8) is 0 Å². The average Bonchev–Trinajstić information content (AvgIpc) is 2.49. The number of hydrazine groups is 1. The molecule has 0 atom stereocenters. The molecule has 1 aromatic carbocycles. The fourth-order valence-electron chi connectivity index (χ4n) is 1.13. The number of nitrogens with zero attached hydrogens (tertiary/aromatic N) is 2. The van der Waals surface area contributed by atoms with E-state index in [1.54, 1.807) is 12.1 Å². The van der Waals surface area contributed by atoms with Crippen molar-refractivity contribution in [1.29, 1.82) is 0 Å². The zero-order chi connectivity index (χ0) is 8.55. The molecule has 3 N–H and O–H groups in total. The highest BCUT2D eigenvalue weighted by Crippen LogP contribution is 2.19. The zero-order valence-corrected chi connectivity index (χ0v) is 6.19. The van der Waals surface area contributed by atoms with Gasteiger partial charge in [0.25, 0.3) is 0 Å². The molecule has 0 saturated carbocycles. The van der Waals surface area contributed by atoms with Crippen LogP contribution in [-0.4, -0.2) is 14.8 Å². The first-order chi connectivity index (χ1) is 5.79. The first kappa shape index (κ1) is 6.78. The summed E-state index contributed by atoms with van der Waals surface area (Å²) in [6, 6.07) is 5.19. The molecular formula is C7H7N4O+. The largest absolute Gasteiger partial charge is 0.344 e. The number of benzene rings is 1. The van der Waals surface area contributed by atoms with Crippen molar-refractivity contribution in [2.24, 2.45) is 5.84 Å². The maximum atomic E-state index is 10.8. The number of para-hydroxylation sites is 1. The molecule has 0 aliphatic heterocycles. The van der Waals surface area contributed by atoms with Crippen LogP contribution in [0.1, 0.15) is 0 Å². The van der Waals surface area contributed by atoms with Crippen molar-refractivity contribution >= 4 is 16.7 Å². The molecule has 0 amide bonds. The number of hydrogen-bond donors (Lipinski definition) is 2. The first-order valence-electron chi connectivity index (χ1n) is 3.43. The molecule has 1 aromatic heterocycles. The Balaban J connectivity index is 2.82. The lowest BCUT2D eigenvalue weighted by Crippen LogP contribution is -2.08. The third-order valence-electron chi connectivity index (χ3n) is 1.67. The van der Waals surface area contributed by atoms with Gasteiger partial charge in [-0.2, -0.15) is 5.84 Å². The molecule has 0 saturated heterocycles. The lowest BCUT2D eigenvalue weighted by Gasteiger charge is -1.87. The minimum absolute atomic E-state index is 0.309. The summed E-state index contributed by atoms with van der Waals surface area (Å²) in [5.74, 6) is 5.06. The number of H-pyrrole nitrogens is 1. The summed E-state index contributed by atoms with van der Waals surface area (Å²) in [6.45, 7) is 0. The second kappa shape index (κ2) is 2.30. The summed E-state index contributed by atoms with van der Waals surface area (Å²) in [4.78, 5) is 18.0. The molecule has 0 bridgehead atoms. The third kappa shape index (κ3) is 0.833. The van der Waals surface area contributed by atoms with Gasteiger partial charge in [-0.1, -0.05) is 6.07 Å². The van der Waals surface area contributed by atoms with E-state index in [9.17, 15) is 4.91 Å². The Morgan fingerprint density at radius 3 is 3.08 bits per heavy atom. The Hall–Kier alpha value is -1.91. The maximum absolute atomic E-state index is 10.8. The minimum Gasteiger partial charge on any atom is -0.344 e. The minimum atomic E-state index is 0.309. The van der Waals surface area contributed by atoms with E-state index in [4.69, 9.17) is 5.84 Å². The smallest absolute Gasteiger partial charge is 0.319 e. The van der Waals surface area contributed by atoms with E-state index in [1.807, 2.05) is 6.07 Å². The number of nitroso groups, excluding NO2 is 1. The molecule has 0 spiro atoms. The highest BCUT2D eigenvalue weighted by Gasteiger charge is 2.14. The van der Waals surface area contributed by atoms with Gasteiger partial charge in [0.05, 0.1) is 16.8 Å². The van der Waals surface area contributed by atoms with Gasteiger partial charge >= 0.3 is 5.69 Å². The topological polar surface area (TPSA) is 74.8 Å². The molecule has 12 heavy (non-hydrogen) atoms. The van der Waals surface area contributed by atoms with Crippen molar-refractivity contribution in [3.05, 3.63) is 29.4 Å². The van der Waals surface area contributed by atoms with Gasteiger partial charge in [-0.15, -0.1) is 0 Å². The summed E-state index contributed by atoms with van der Waals surface area (Å²) in [5, 5.41) is 0. The molecule has 5 heteroatoms. The maximum Gasteiger partial charge on any atom is 0.319 e. The number of aromatic amines is 1. The number of imidazole rings is 1. The van der Waals surface area contributed by atoms with Crippen molar-refractivity contribution < 1.29 is 4.87 Å². The summed E-state index contributed by atoms with van der Waals surface area (Å²) < 4.78 is 0. The summed E-state index contributed by atoms with van der Waals surface area (Å²) in [7, 11) is 0. The molecule has 1 heterocycles. The molecule has 0 radical (unpaired) electrons. The highest BCUT2D eigenvalue weighted by atomic mass is 16.3. The molecule has 60 valence electrons. The summed E-state index contributed by atoms with van der Waals surface area (Å²) in [6.07, 6.45) is 1.53. The van der Waals surface area contributed by atoms with E-state index < -0.39 is 0 Å². The lowest BCUT2D eigenvalue weighted by atomic mass is 10.3. The Morgan fingerprint density at radius 2 is 2.33 bits per heavy atom. The lowest BCUT2D eigenvalue weighted by molar-refractivity contribution is -0.473. The van der Waals surface area contributed by atoms with Crippen LogP contribution in [0, 0.1) is 4.91 Å². The standard InChI is InChI=1S/C7H7N4O/c8-11(12)6-3-1-2-5-7(6)10-4-9-5/h1-4H,(H2,8,12)(H,9,10)/q+1. The van der Waals surface area contributed by atoms with Crippen LogP contribution in [0.3, 0.4) is 0 Å². The normalized spacial score (nSPS) is 10.3. The fourth-order valence-corrected chi connectivity index (χ4v) is 1.13. The van der Waals surface area contributed by atoms with Crippen LogP contribution >= 0.6 is 0 Å². The molecule has 2 rings (SSSR count). The monoisotopic (exact) mass is 163 g/mol. The summed E-state index contributed by atoms with van der Waals surface area (Å²) in [5.41, 5.74) is 1.77. The fraction of sp³-hybridized carbons (Fsp3) is 0. The van der Waals surface area contributed by atoms with Gasteiger partial charge in [0, 0.05) is 6.07 Å². The molecule has 0 aliphatic rings. The Labute approximate surface area is 67.8 Å². The van der Waals surface area contributed by atoms with Crippen molar-refractivity contribution in [2.45, 2.75) is 0 Å². The second-order valence-electron chi connectivity index (χ2n) is 2.40. The number of aromatic nitrogens is 2. The number of rotatable bonds is 1. The molecular weight excluding hydrogens is 156 g/mol. The van der Waals surface area contributed by atoms with Crippen LogP contribution in [0.5, 0.6) is 0 Å². The third-order valence-corrected chi connectivity index (χ3v) is 1.67. The van der Waals surface area contributed by atoms with Gasteiger partial charge < -0.3 is 4.98 Å². The van der Waals surface area contributed by atoms with Crippen LogP contribution in [0.4, 0.5) is 5.69 Å². The van der Waals surface area contributed by atoms with Crippen LogP contribution < -0.4 is 5.84 Å². The first-order valence-corrected chi connectivity index (χ1v) is 3.43. The van der Waals surface area contributed by atoms with E-state index in [0.717, 1.165) is 5.52 Å². The van der Waals surface area contributed by atoms with E-state index in [1.165, 1.54) is 6.33 Å². The number of fused-ring (bicyclic) bond motifs is 1. The number of nitrogens with one attached hydrogen (secondary N) is 1. The molecule has 5 nitrogen and oxygen atoms in total. The predicted octanol–water partition coefficient (Wildman–Crippen LogP) is 0.847. The Kier molecular flexibility index (Phi) is 1.30. The quantitative estimate of drug-likeness (QED) is 0.371. The highest BCUT2D eigenvalue weighted by molar-refractivity contribution is 5.83. The molecule has 0 aliphatic carbocycles. The van der Waals surface area contributed by atoms with Gasteiger partial charge in [-0.3, -0.25) is 0 Å². The van der Waals surface area contributed by atoms with Gasteiger partial charge in [-0.25, -0.2) is 4.98 Å².